The van der Waals surface area contributed by atoms with Crippen molar-refractivity contribution < 1.29 is 13.9 Å². The van der Waals surface area contributed by atoms with Crippen molar-refractivity contribution in [3.05, 3.63) is 53.6 Å². The van der Waals surface area contributed by atoms with E-state index in [1.807, 2.05) is 31.6 Å². The molecule has 0 aliphatic carbocycles. The minimum absolute atomic E-state index is 0.0341. The molecule has 4 rings (SSSR count). The van der Waals surface area contributed by atoms with Crippen LogP contribution in [0.15, 0.2) is 41.7 Å². The van der Waals surface area contributed by atoms with Gasteiger partial charge >= 0.3 is 0 Å². The maximum absolute atomic E-state index is 13.5. The molecular formula is C22H31FN6O2. The predicted octanol–water partition coefficient (Wildman–Crippen LogP) is 1.58. The van der Waals surface area contributed by atoms with Gasteiger partial charge in [0.15, 0.2) is 5.96 Å². The molecule has 9 heteroatoms. The smallest absolute Gasteiger partial charge is 0.193 e. The highest BCUT2D eigenvalue weighted by Crippen LogP contribution is 2.23. The third-order valence-corrected chi connectivity index (χ3v) is 5.87. The average molecular weight is 431 g/mol. The lowest BCUT2D eigenvalue weighted by atomic mass is 10.0. The lowest BCUT2D eigenvalue weighted by Crippen LogP contribution is -2.50. The summed E-state index contributed by atoms with van der Waals surface area (Å²) in [7, 11) is 3.71. The fourth-order valence-corrected chi connectivity index (χ4v) is 4.20. The Morgan fingerprint density at radius 3 is 2.68 bits per heavy atom. The number of aliphatic imine (C=N–C) groups is 1. The highest BCUT2D eigenvalue weighted by molar-refractivity contribution is 5.80. The number of hydrogen-bond acceptors (Lipinski definition) is 5. The summed E-state index contributed by atoms with van der Waals surface area (Å²) < 4.78 is 26.8. The zero-order chi connectivity index (χ0) is 21.6. The lowest BCUT2D eigenvalue weighted by Gasteiger charge is -2.38. The Morgan fingerprint density at radius 1 is 1.23 bits per heavy atom. The number of aromatic nitrogens is 2. The Balaban J connectivity index is 1.44. The molecule has 0 spiro atoms. The summed E-state index contributed by atoms with van der Waals surface area (Å²) >= 11 is 0. The molecule has 1 N–H and O–H groups in total. The number of aryl methyl sites for hydroxylation is 1. The van der Waals surface area contributed by atoms with Gasteiger partial charge in [0, 0.05) is 52.0 Å². The molecule has 8 nitrogen and oxygen atoms in total. The minimum Gasteiger partial charge on any atom is -0.379 e. The molecule has 0 saturated carbocycles. The molecular weight excluding hydrogens is 399 g/mol. The third-order valence-electron chi connectivity index (χ3n) is 5.87. The Hall–Kier alpha value is -2.49. The van der Waals surface area contributed by atoms with E-state index in [4.69, 9.17) is 9.47 Å². The maximum Gasteiger partial charge on any atom is 0.193 e. The highest BCUT2D eigenvalue weighted by Gasteiger charge is 2.27. The van der Waals surface area contributed by atoms with Crippen molar-refractivity contribution in [1.29, 1.82) is 0 Å². The van der Waals surface area contributed by atoms with Gasteiger partial charge in [-0.15, -0.1) is 0 Å². The molecule has 2 aliphatic heterocycles. The van der Waals surface area contributed by atoms with E-state index in [0.29, 0.717) is 32.9 Å². The van der Waals surface area contributed by atoms with Crippen molar-refractivity contribution in [3.8, 4) is 0 Å². The highest BCUT2D eigenvalue weighted by atomic mass is 19.1. The van der Waals surface area contributed by atoms with Gasteiger partial charge in [-0.1, -0.05) is 12.1 Å². The van der Waals surface area contributed by atoms with E-state index < -0.39 is 0 Å². The second kappa shape index (κ2) is 10.2. The van der Waals surface area contributed by atoms with E-state index in [9.17, 15) is 4.39 Å². The van der Waals surface area contributed by atoms with E-state index in [2.05, 4.69) is 25.2 Å². The molecule has 1 aromatic heterocycles. The van der Waals surface area contributed by atoms with E-state index in [0.717, 1.165) is 36.7 Å². The molecule has 168 valence electrons. The summed E-state index contributed by atoms with van der Waals surface area (Å²) in [4.78, 5) is 9.13. The molecule has 0 radical (unpaired) electrons. The fraction of sp³-hybridized carbons (Fsp3) is 0.545. The number of benzene rings is 1. The van der Waals surface area contributed by atoms with Gasteiger partial charge in [0.05, 0.1) is 38.6 Å². The van der Waals surface area contributed by atoms with Gasteiger partial charge in [0.1, 0.15) is 11.9 Å². The first-order valence-corrected chi connectivity index (χ1v) is 10.8. The van der Waals surface area contributed by atoms with Crippen LogP contribution in [0.1, 0.15) is 23.3 Å². The van der Waals surface area contributed by atoms with E-state index in [1.165, 1.54) is 12.1 Å². The van der Waals surface area contributed by atoms with E-state index >= 15 is 0 Å². The molecule has 0 amide bonds. The number of hydrogen-bond donors (Lipinski definition) is 1. The third kappa shape index (κ3) is 5.41. The van der Waals surface area contributed by atoms with Gasteiger partial charge in [-0.05, 0) is 17.7 Å². The number of nitrogens with one attached hydrogen (secondary N) is 1. The molecule has 2 saturated heterocycles. The van der Waals surface area contributed by atoms with Crippen LogP contribution >= 0.6 is 0 Å². The standard InChI is InChI=1S/C22H31FN6O2/c1-24-22(29-9-12-31-21(16-29)18-13-26-27(2)15-18)25-14-20(28-7-10-30-11-8-28)17-3-5-19(23)6-4-17/h3-6,13,15,20-21H,7-12,14,16H2,1-2H3,(H,24,25). The number of ether oxygens (including phenoxy) is 2. The number of morpholine rings is 2. The summed E-state index contributed by atoms with van der Waals surface area (Å²) in [5.74, 6) is 0.626. The summed E-state index contributed by atoms with van der Waals surface area (Å²) in [5, 5.41) is 7.81. The Labute approximate surface area is 182 Å². The van der Waals surface area contributed by atoms with Crippen LogP contribution in [0.2, 0.25) is 0 Å². The Morgan fingerprint density at radius 2 is 2.00 bits per heavy atom. The topological polar surface area (TPSA) is 67.2 Å². The summed E-state index contributed by atoms with van der Waals surface area (Å²) in [6.07, 6.45) is 3.81. The SMILES string of the molecule is CN=C(NCC(c1ccc(F)cc1)N1CCOCC1)N1CCOC(c2cnn(C)c2)C1. The quantitative estimate of drug-likeness (QED) is 0.574. The average Bonchev–Trinajstić information content (AvgIpc) is 3.25. The molecule has 2 aliphatic rings. The van der Waals surface area contributed by atoms with Crippen molar-refractivity contribution in [2.24, 2.45) is 12.0 Å². The molecule has 2 atom stereocenters. The van der Waals surface area contributed by atoms with Crippen molar-refractivity contribution in [2.45, 2.75) is 12.1 Å². The molecule has 2 fully saturated rings. The normalized spacial score (nSPS) is 21.8. The van der Waals surface area contributed by atoms with Gasteiger partial charge in [-0.2, -0.15) is 5.10 Å². The minimum atomic E-state index is -0.219. The molecule has 31 heavy (non-hydrogen) atoms. The predicted molar refractivity (Wildman–Crippen MR) is 116 cm³/mol. The van der Waals surface area contributed by atoms with E-state index in [1.54, 1.807) is 11.7 Å². The van der Waals surface area contributed by atoms with Crippen LogP contribution < -0.4 is 5.32 Å². The van der Waals surface area contributed by atoms with Crippen LogP contribution in [0.4, 0.5) is 4.39 Å². The lowest BCUT2D eigenvalue weighted by molar-refractivity contribution is -0.00853. The van der Waals surface area contributed by atoms with Crippen LogP contribution in [0.3, 0.4) is 0 Å². The molecule has 3 heterocycles. The summed E-state index contributed by atoms with van der Waals surface area (Å²) in [5.41, 5.74) is 2.15. The van der Waals surface area contributed by atoms with Gasteiger partial charge in [0.2, 0.25) is 0 Å². The van der Waals surface area contributed by atoms with Crippen LogP contribution in [0.25, 0.3) is 0 Å². The van der Waals surface area contributed by atoms with Gasteiger partial charge in [0.25, 0.3) is 0 Å². The molecule has 2 aromatic rings. The fourth-order valence-electron chi connectivity index (χ4n) is 4.20. The number of rotatable bonds is 5. The zero-order valence-corrected chi connectivity index (χ0v) is 18.2. The number of halogens is 1. The first-order valence-electron chi connectivity index (χ1n) is 10.8. The van der Waals surface area contributed by atoms with Crippen molar-refractivity contribution >= 4 is 5.96 Å². The first-order chi connectivity index (χ1) is 15.1. The van der Waals surface area contributed by atoms with Crippen molar-refractivity contribution in [3.63, 3.8) is 0 Å². The van der Waals surface area contributed by atoms with Gasteiger partial charge in [-0.3, -0.25) is 14.6 Å². The van der Waals surface area contributed by atoms with Crippen LogP contribution in [0, 0.1) is 5.82 Å². The number of nitrogens with zero attached hydrogens (tertiary/aromatic N) is 5. The summed E-state index contributed by atoms with van der Waals surface area (Å²) in [6, 6.07) is 6.90. The Kier molecular flexibility index (Phi) is 7.16. The Bertz CT molecular complexity index is 865. The van der Waals surface area contributed by atoms with E-state index in [-0.39, 0.29) is 18.0 Å². The van der Waals surface area contributed by atoms with Gasteiger partial charge < -0.3 is 19.7 Å². The van der Waals surface area contributed by atoms with Crippen LogP contribution in [0.5, 0.6) is 0 Å². The van der Waals surface area contributed by atoms with Crippen molar-refractivity contribution in [2.75, 3.05) is 59.6 Å². The van der Waals surface area contributed by atoms with Gasteiger partial charge in [-0.25, -0.2) is 4.39 Å². The summed E-state index contributed by atoms with van der Waals surface area (Å²) in [6.45, 7) is 5.91. The monoisotopic (exact) mass is 430 g/mol. The maximum atomic E-state index is 13.5. The largest absolute Gasteiger partial charge is 0.379 e. The second-order valence-corrected chi connectivity index (χ2v) is 7.90. The van der Waals surface area contributed by atoms with Crippen LogP contribution in [-0.4, -0.2) is 85.1 Å². The van der Waals surface area contributed by atoms with Crippen LogP contribution in [-0.2, 0) is 16.5 Å². The molecule has 1 aromatic carbocycles. The zero-order valence-electron chi connectivity index (χ0n) is 18.2. The second-order valence-electron chi connectivity index (χ2n) is 7.90. The first kappa shape index (κ1) is 21.7. The molecule has 2 unspecified atom stereocenters. The molecule has 0 bridgehead atoms. The number of guanidine groups is 1. The van der Waals surface area contributed by atoms with Crippen molar-refractivity contribution in [1.82, 2.24) is 24.9 Å².